The zero-order chi connectivity index (χ0) is 11.6. The van der Waals surface area contributed by atoms with E-state index in [1.54, 1.807) is 0 Å². The minimum Gasteiger partial charge on any atom is -0.481 e. The van der Waals surface area contributed by atoms with Gasteiger partial charge in [0.2, 0.25) is 0 Å². The first-order valence-corrected chi connectivity index (χ1v) is 4.75. The van der Waals surface area contributed by atoms with Gasteiger partial charge >= 0.3 is 5.97 Å². The third kappa shape index (κ3) is 2.71. The highest BCUT2D eigenvalue weighted by Crippen LogP contribution is 2.24. The van der Waals surface area contributed by atoms with E-state index in [1.807, 2.05) is 20.8 Å². The van der Waals surface area contributed by atoms with Gasteiger partial charge in [-0.3, -0.25) is 9.59 Å². The Morgan fingerprint density at radius 3 is 2.53 bits per heavy atom. The van der Waals surface area contributed by atoms with E-state index in [2.05, 4.69) is 5.16 Å². The van der Waals surface area contributed by atoms with Crippen molar-refractivity contribution < 1.29 is 14.4 Å². The Kier molecular flexibility index (Phi) is 3.02. The largest absolute Gasteiger partial charge is 0.481 e. The zero-order valence-corrected chi connectivity index (χ0v) is 9.09. The van der Waals surface area contributed by atoms with Crippen LogP contribution in [0.3, 0.4) is 0 Å². The lowest BCUT2D eigenvalue weighted by molar-refractivity contribution is -0.136. The Balaban J connectivity index is 3.00. The number of carbonyl (C=O) groups is 1. The van der Waals surface area contributed by atoms with Gasteiger partial charge in [0.1, 0.15) is 5.76 Å². The van der Waals surface area contributed by atoms with Crippen molar-refractivity contribution in [2.45, 2.75) is 39.0 Å². The fourth-order valence-corrected chi connectivity index (χ4v) is 1.39. The van der Waals surface area contributed by atoms with E-state index >= 15 is 0 Å². The number of nitrogens with one attached hydrogen (secondary N) is 1. The van der Waals surface area contributed by atoms with E-state index in [0.29, 0.717) is 11.3 Å². The van der Waals surface area contributed by atoms with E-state index < -0.39 is 5.97 Å². The molecular formula is C10H15NO4. The van der Waals surface area contributed by atoms with E-state index in [4.69, 9.17) is 9.63 Å². The summed E-state index contributed by atoms with van der Waals surface area (Å²) in [6.07, 6.45) is 0.138. The monoisotopic (exact) mass is 213 g/mol. The van der Waals surface area contributed by atoms with Crippen molar-refractivity contribution in [3.63, 3.8) is 0 Å². The molecule has 0 aromatic carbocycles. The maximum Gasteiger partial charge on any atom is 0.303 e. The molecule has 0 fully saturated rings. The Morgan fingerprint density at radius 2 is 2.07 bits per heavy atom. The fourth-order valence-electron chi connectivity index (χ4n) is 1.39. The summed E-state index contributed by atoms with van der Waals surface area (Å²) >= 11 is 0. The van der Waals surface area contributed by atoms with Crippen LogP contribution < -0.4 is 5.56 Å². The summed E-state index contributed by atoms with van der Waals surface area (Å²) in [6, 6.07) is 0. The third-order valence-electron chi connectivity index (χ3n) is 2.06. The SMILES string of the molecule is CC(C)(C)c1o[nH]c(=O)c1CCC(=O)O. The Labute approximate surface area is 87.1 Å². The van der Waals surface area contributed by atoms with Crippen molar-refractivity contribution >= 4 is 5.97 Å². The highest BCUT2D eigenvalue weighted by molar-refractivity contribution is 5.67. The van der Waals surface area contributed by atoms with Crippen LogP contribution in [0.25, 0.3) is 0 Å². The molecule has 0 aliphatic carbocycles. The molecule has 5 heteroatoms. The molecule has 0 amide bonds. The van der Waals surface area contributed by atoms with Crippen LogP contribution in [-0.4, -0.2) is 16.2 Å². The molecule has 0 aliphatic rings. The predicted molar refractivity (Wildman–Crippen MR) is 54.0 cm³/mol. The minimum absolute atomic E-state index is 0.0638. The number of aromatic nitrogens is 1. The third-order valence-corrected chi connectivity index (χ3v) is 2.06. The quantitative estimate of drug-likeness (QED) is 0.792. The van der Waals surface area contributed by atoms with Crippen molar-refractivity contribution in [3.8, 4) is 0 Å². The maximum absolute atomic E-state index is 11.4. The first kappa shape index (κ1) is 11.6. The van der Waals surface area contributed by atoms with Gasteiger partial charge in [0.25, 0.3) is 5.56 Å². The molecule has 0 saturated carbocycles. The Morgan fingerprint density at radius 1 is 1.47 bits per heavy atom. The number of aromatic amines is 1. The van der Waals surface area contributed by atoms with E-state index in [1.165, 1.54) is 0 Å². The molecule has 1 aromatic rings. The van der Waals surface area contributed by atoms with Crippen LogP contribution in [0.5, 0.6) is 0 Å². The van der Waals surface area contributed by atoms with Crippen molar-refractivity contribution in [2.75, 3.05) is 0 Å². The van der Waals surface area contributed by atoms with Gasteiger partial charge in [-0.05, 0) is 6.42 Å². The molecule has 0 bridgehead atoms. The van der Waals surface area contributed by atoms with Crippen molar-refractivity contribution in [2.24, 2.45) is 0 Å². The molecular weight excluding hydrogens is 198 g/mol. The summed E-state index contributed by atoms with van der Waals surface area (Å²) in [7, 11) is 0. The van der Waals surface area contributed by atoms with Crippen molar-refractivity contribution in [1.82, 2.24) is 5.16 Å². The second kappa shape index (κ2) is 3.92. The summed E-state index contributed by atoms with van der Waals surface area (Å²) in [5, 5.41) is 10.8. The Hall–Kier alpha value is -1.52. The van der Waals surface area contributed by atoms with Gasteiger partial charge in [-0.15, -0.1) is 0 Å². The smallest absolute Gasteiger partial charge is 0.303 e. The summed E-state index contributed by atoms with van der Waals surface area (Å²) in [4.78, 5) is 21.8. The predicted octanol–water partition coefficient (Wildman–Crippen LogP) is 1.28. The minimum atomic E-state index is -0.921. The van der Waals surface area contributed by atoms with Gasteiger partial charge < -0.3 is 9.63 Å². The summed E-state index contributed by atoms with van der Waals surface area (Å²) in [6.45, 7) is 5.72. The molecule has 0 saturated heterocycles. The molecule has 0 unspecified atom stereocenters. The number of H-pyrrole nitrogens is 1. The second-order valence-electron chi connectivity index (χ2n) is 4.48. The highest BCUT2D eigenvalue weighted by atomic mass is 16.5. The van der Waals surface area contributed by atoms with Crippen LogP contribution in [0.4, 0.5) is 0 Å². The average Bonchev–Trinajstić information content (AvgIpc) is 2.42. The maximum atomic E-state index is 11.4. The topological polar surface area (TPSA) is 83.3 Å². The molecule has 15 heavy (non-hydrogen) atoms. The van der Waals surface area contributed by atoms with Crippen LogP contribution in [0.15, 0.2) is 9.32 Å². The molecule has 5 nitrogen and oxygen atoms in total. The zero-order valence-electron chi connectivity index (χ0n) is 9.09. The number of hydrogen-bond acceptors (Lipinski definition) is 3. The van der Waals surface area contributed by atoms with Crippen molar-refractivity contribution in [3.05, 3.63) is 21.7 Å². The lowest BCUT2D eigenvalue weighted by Gasteiger charge is -2.15. The molecule has 1 aromatic heterocycles. The van der Waals surface area contributed by atoms with Crippen LogP contribution in [-0.2, 0) is 16.6 Å². The van der Waals surface area contributed by atoms with Crippen LogP contribution in [0.2, 0.25) is 0 Å². The highest BCUT2D eigenvalue weighted by Gasteiger charge is 2.25. The molecule has 84 valence electrons. The lowest BCUT2D eigenvalue weighted by atomic mass is 9.89. The van der Waals surface area contributed by atoms with Crippen molar-refractivity contribution in [1.29, 1.82) is 0 Å². The molecule has 1 rings (SSSR count). The fraction of sp³-hybridized carbons (Fsp3) is 0.600. The first-order valence-electron chi connectivity index (χ1n) is 4.75. The lowest BCUT2D eigenvalue weighted by Crippen LogP contribution is -2.17. The average molecular weight is 213 g/mol. The van der Waals surface area contributed by atoms with Gasteiger partial charge in [-0.1, -0.05) is 20.8 Å². The Bertz CT molecular complexity index is 408. The van der Waals surface area contributed by atoms with Gasteiger partial charge in [0.15, 0.2) is 0 Å². The molecule has 0 aliphatic heterocycles. The number of rotatable bonds is 3. The number of carboxylic acids is 1. The van der Waals surface area contributed by atoms with E-state index in [9.17, 15) is 9.59 Å². The normalized spacial score (nSPS) is 11.7. The molecule has 0 spiro atoms. The first-order chi connectivity index (χ1) is 6.82. The molecule has 0 radical (unpaired) electrons. The molecule has 2 N–H and O–H groups in total. The summed E-state index contributed by atoms with van der Waals surface area (Å²) < 4.78 is 5.06. The van der Waals surface area contributed by atoms with Gasteiger partial charge in [-0.25, -0.2) is 0 Å². The van der Waals surface area contributed by atoms with Gasteiger partial charge in [0, 0.05) is 11.8 Å². The summed E-state index contributed by atoms with van der Waals surface area (Å²) in [5.74, 6) is -0.385. The number of hydrogen-bond donors (Lipinski definition) is 2. The molecule has 0 atom stereocenters. The van der Waals surface area contributed by atoms with Crippen LogP contribution in [0.1, 0.15) is 38.5 Å². The second-order valence-corrected chi connectivity index (χ2v) is 4.48. The summed E-state index contributed by atoms with van der Waals surface area (Å²) in [5.41, 5.74) is -0.196. The number of aliphatic carboxylic acids is 1. The van der Waals surface area contributed by atoms with E-state index in [0.717, 1.165) is 0 Å². The number of carboxylic acid groups (broad SMARTS) is 1. The van der Waals surface area contributed by atoms with Gasteiger partial charge in [0.05, 0.1) is 5.56 Å². The van der Waals surface area contributed by atoms with Gasteiger partial charge in [-0.2, -0.15) is 5.16 Å². The standard InChI is InChI=1S/C10H15NO4/c1-10(2,3)8-6(4-5-7(12)13)9(14)11-15-8/h4-5H2,1-3H3,(H,11,14)(H,12,13). The van der Waals surface area contributed by atoms with Crippen LogP contribution >= 0.6 is 0 Å². The molecule has 1 heterocycles. The van der Waals surface area contributed by atoms with Crippen LogP contribution in [0, 0.1) is 0 Å². The van der Waals surface area contributed by atoms with E-state index in [-0.39, 0.29) is 23.8 Å².